The fourth-order valence-corrected chi connectivity index (χ4v) is 3.14. The number of H-pyrrole nitrogens is 1. The standard InChI is InChI=1S/C17H22F3N3O2S/c1-3-12(7-8-22-26(2,24)25)9-16-21-11-15(23-16)13-5-4-6-14(10-13)17(18,19)20/h4-6,10-12,22H,3,7-9H2,1-2H3,(H,21,23). The number of hydrogen-bond donors (Lipinski definition) is 2. The van der Waals surface area contributed by atoms with Gasteiger partial charge in [0.05, 0.1) is 23.7 Å². The second kappa shape index (κ2) is 8.22. The van der Waals surface area contributed by atoms with Crippen molar-refractivity contribution in [1.82, 2.24) is 14.7 Å². The number of aromatic amines is 1. The zero-order chi connectivity index (χ0) is 19.4. The Balaban J connectivity index is 2.05. The first-order valence-corrected chi connectivity index (χ1v) is 10.1. The summed E-state index contributed by atoms with van der Waals surface area (Å²) in [6.45, 7) is 2.35. The second-order valence-corrected chi connectivity index (χ2v) is 8.09. The molecular weight excluding hydrogens is 367 g/mol. The summed E-state index contributed by atoms with van der Waals surface area (Å²) in [6, 6.07) is 5.08. The maximum Gasteiger partial charge on any atom is 0.416 e. The number of sulfonamides is 1. The van der Waals surface area contributed by atoms with Crippen molar-refractivity contribution in [3.63, 3.8) is 0 Å². The summed E-state index contributed by atoms with van der Waals surface area (Å²) in [4.78, 5) is 7.32. The molecule has 0 fully saturated rings. The van der Waals surface area contributed by atoms with Gasteiger partial charge in [0.2, 0.25) is 10.0 Å². The zero-order valence-corrected chi connectivity index (χ0v) is 15.4. The van der Waals surface area contributed by atoms with Gasteiger partial charge in [-0.05, 0) is 24.5 Å². The van der Waals surface area contributed by atoms with Crippen LogP contribution in [0.3, 0.4) is 0 Å². The molecular formula is C17H22F3N3O2S. The average Bonchev–Trinajstić information content (AvgIpc) is 3.00. The van der Waals surface area contributed by atoms with Crippen LogP contribution in [0.5, 0.6) is 0 Å². The fourth-order valence-electron chi connectivity index (χ4n) is 2.65. The fraction of sp³-hybridized carbons (Fsp3) is 0.471. The number of alkyl halides is 3. The molecule has 0 spiro atoms. The van der Waals surface area contributed by atoms with E-state index in [9.17, 15) is 21.6 Å². The van der Waals surface area contributed by atoms with Crippen LogP contribution < -0.4 is 4.72 Å². The number of aromatic nitrogens is 2. The lowest BCUT2D eigenvalue weighted by Crippen LogP contribution is -2.25. The molecule has 144 valence electrons. The summed E-state index contributed by atoms with van der Waals surface area (Å²) in [7, 11) is -3.21. The summed E-state index contributed by atoms with van der Waals surface area (Å²) in [5, 5.41) is 0. The van der Waals surface area contributed by atoms with E-state index < -0.39 is 21.8 Å². The van der Waals surface area contributed by atoms with Crippen LogP contribution in [0.2, 0.25) is 0 Å². The quantitative estimate of drug-likeness (QED) is 0.724. The van der Waals surface area contributed by atoms with E-state index in [1.54, 1.807) is 6.07 Å². The minimum atomic E-state index is -4.39. The monoisotopic (exact) mass is 389 g/mol. The summed E-state index contributed by atoms with van der Waals surface area (Å²) < 4.78 is 63.2. The van der Waals surface area contributed by atoms with Crippen LogP contribution in [-0.4, -0.2) is 31.2 Å². The van der Waals surface area contributed by atoms with E-state index in [1.165, 1.54) is 12.3 Å². The smallest absolute Gasteiger partial charge is 0.342 e. The first-order valence-electron chi connectivity index (χ1n) is 8.24. The molecule has 1 atom stereocenters. The summed E-state index contributed by atoms with van der Waals surface area (Å²) >= 11 is 0. The van der Waals surface area contributed by atoms with Crippen molar-refractivity contribution in [3.05, 3.63) is 41.9 Å². The Labute approximate surface area is 151 Å². The molecule has 0 amide bonds. The highest BCUT2D eigenvalue weighted by molar-refractivity contribution is 7.88. The van der Waals surface area contributed by atoms with Crippen molar-refractivity contribution in [3.8, 4) is 11.3 Å². The number of benzene rings is 1. The van der Waals surface area contributed by atoms with Gasteiger partial charge in [0, 0.05) is 18.5 Å². The minimum Gasteiger partial charge on any atom is -0.342 e. The van der Waals surface area contributed by atoms with E-state index in [4.69, 9.17) is 0 Å². The molecule has 2 rings (SSSR count). The molecule has 0 aliphatic rings. The third kappa shape index (κ3) is 6.14. The van der Waals surface area contributed by atoms with Crippen LogP contribution >= 0.6 is 0 Å². The average molecular weight is 389 g/mol. The Bertz CT molecular complexity index is 832. The van der Waals surface area contributed by atoms with Crippen LogP contribution in [0.1, 0.15) is 31.2 Å². The van der Waals surface area contributed by atoms with Crippen molar-refractivity contribution >= 4 is 10.0 Å². The van der Waals surface area contributed by atoms with Gasteiger partial charge in [0.1, 0.15) is 5.82 Å². The van der Waals surface area contributed by atoms with Gasteiger partial charge in [-0.3, -0.25) is 0 Å². The second-order valence-electron chi connectivity index (χ2n) is 6.26. The Morgan fingerprint density at radius 3 is 2.65 bits per heavy atom. The highest BCUT2D eigenvalue weighted by Gasteiger charge is 2.30. The number of hydrogen-bond acceptors (Lipinski definition) is 3. The van der Waals surface area contributed by atoms with Crippen molar-refractivity contribution in [1.29, 1.82) is 0 Å². The molecule has 0 aliphatic heterocycles. The van der Waals surface area contributed by atoms with E-state index in [0.29, 0.717) is 36.5 Å². The van der Waals surface area contributed by atoms with Crippen LogP contribution in [-0.2, 0) is 22.6 Å². The largest absolute Gasteiger partial charge is 0.416 e. The van der Waals surface area contributed by atoms with Gasteiger partial charge >= 0.3 is 6.18 Å². The van der Waals surface area contributed by atoms with Gasteiger partial charge in [-0.1, -0.05) is 25.5 Å². The van der Waals surface area contributed by atoms with Crippen LogP contribution in [0.15, 0.2) is 30.5 Å². The molecule has 2 N–H and O–H groups in total. The Morgan fingerprint density at radius 1 is 1.31 bits per heavy atom. The van der Waals surface area contributed by atoms with Gasteiger partial charge in [0.25, 0.3) is 0 Å². The predicted molar refractivity (Wildman–Crippen MR) is 94.0 cm³/mol. The normalized spacial score (nSPS) is 13.7. The number of halogens is 3. The van der Waals surface area contributed by atoms with E-state index in [1.807, 2.05) is 6.92 Å². The molecule has 9 heteroatoms. The van der Waals surface area contributed by atoms with Gasteiger partial charge in [-0.25, -0.2) is 18.1 Å². The van der Waals surface area contributed by atoms with Gasteiger partial charge in [0.15, 0.2) is 0 Å². The molecule has 0 saturated carbocycles. The maximum atomic E-state index is 12.8. The van der Waals surface area contributed by atoms with E-state index in [2.05, 4.69) is 14.7 Å². The number of nitrogens with one attached hydrogen (secondary N) is 2. The molecule has 0 bridgehead atoms. The van der Waals surface area contributed by atoms with E-state index >= 15 is 0 Å². The molecule has 2 aromatic rings. The highest BCUT2D eigenvalue weighted by atomic mass is 32.2. The maximum absolute atomic E-state index is 12.8. The first-order chi connectivity index (χ1) is 12.1. The van der Waals surface area contributed by atoms with Crippen molar-refractivity contribution < 1.29 is 21.6 Å². The number of imidazole rings is 1. The first kappa shape index (κ1) is 20.4. The van der Waals surface area contributed by atoms with Crippen LogP contribution in [0, 0.1) is 5.92 Å². The predicted octanol–water partition coefficient (Wildman–Crippen LogP) is 3.60. The number of nitrogens with zero attached hydrogens (tertiary/aromatic N) is 1. The zero-order valence-electron chi connectivity index (χ0n) is 14.6. The van der Waals surface area contributed by atoms with Gasteiger partial charge < -0.3 is 4.98 Å². The molecule has 1 unspecified atom stereocenters. The van der Waals surface area contributed by atoms with Crippen LogP contribution in [0.25, 0.3) is 11.3 Å². The molecule has 0 saturated heterocycles. The van der Waals surface area contributed by atoms with Gasteiger partial charge in [-0.2, -0.15) is 13.2 Å². The van der Waals surface area contributed by atoms with E-state index in [-0.39, 0.29) is 5.92 Å². The third-order valence-corrected chi connectivity index (χ3v) is 4.83. The van der Waals surface area contributed by atoms with Crippen molar-refractivity contribution in [2.45, 2.75) is 32.4 Å². The molecule has 1 aromatic carbocycles. The third-order valence-electron chi connectivity index (χ3n) is 4.11. The van der Waals surface area contributed by atoms with Gasteiger partial charge in [-0.15, -0.1) is 0 Å². The summed E-state index contributed by atoms with van der Waals surface area (Å²) in [6.07, 6.45) is 0.335. The van der Waals surface area contributed by atoms with Crippen molar-refractivity contribution in [2.75, 3.05) is 12.8 Å². The summed E-state index contributed by atoms with van der Waals surface area (Å²) in [5.74, 6) is 0.883. The lowest BCUT2D eigenvalue weighted by molar-refractivity contribution is -0.137. The molecule has 1 heterocycles. The Hall–Kier alpha value is -1.87. The lowest BCUT2D eigenvalue weighted by Gasteiger charge is -2.13. The Morgan fingerprint density at radius 2 is 2.04 bits per heavy atom. The molecule has 0 radical (unpaired) electrons. The molecule has 0 aliphatic carbocycles. The molecule has 1 aromatic heterocycles. The molecule has 26 heavy (non-hydrogen) atoms. The Kier molecular flexibility index (Phi) is 6.46. The lowest BCUT2D eigenvalue weighted by atomic mass is 9.98. The number of rotatable bonds is 8. The minimum absolute atomic E-state index is 0.213. The highest BCUT2D eigenvalue weighted by Crippen LogP contribution is 2.31. The summed E-state index contributed by atoms with van der Waals surface area (Å²) in [5.41, 5.74) is 0.241. The SMILES string of the molecule is CCC(CCNS(C)(=O)=O)Cc1ncc(-c2cccc(C(F)(F)F)c2)[nH]1. The molecule has 5 nitrogen and oxygen atoms in total. The van der Waals surface area contributed by atoms with E-state index in [0.717, 1.165) is 24.8 Å². The van der Waals surface area contributed by atoms with Crippen LogP contribution in [0.4, 0.5) is 13.2 Å². The van der Waals surface area contributed by atoms with Crippen molar-refractivity contribution in [2.24, 2.45) is 5.92 Å². The topological polar surface area (TPSA) is 74.8 Å².